The number of nitrogens with two attached hydrogens (primary N) is 1. The number of nitrogen functional groups attached to an aromatic ring is 1. The molecule has 0 spiro atoms. The lowest BCUT2D eigenvalue weighted by Crippen LogP contribution is -1.77. The third-order valence-electron chi connectivity index (χ3n) is 1.78. The summed E-state index contributed by atoms with van der Waals surface area (Å²) in [6.07, 6.45) is 0. The summed E-state index contributed by atoms with van der Waals surface area (Å²) < 4.78 is 1.87. The van der Waals surface area contributed by atoms with Gasteiger partial charge in [-0.2, -0.15) is 5.26 Å². The Hall–Kier alpha value is -1.05. The monoisotopic (exact) mass is 252 g/mol. The zero-order chi connectivity index (χ0) is 9.42. The Morgan fingerprint density at radius 2 is 2.23 bits per heavy atom. The van der Waals surface area contributed by atoms with E-state index in [9.17, 15) is 0 Å². The Balaban J connectivity index is 2.93. The summed E-state index contributed by atoms with van der Waals surface area (Å²) in [6.45, 7) is 0. The molecule has 0 saturated heterocycles. The summed E-state index contributed by atoms with van der Waals surface area (Å²) in [5, 5.41) is 10.6. The number of nitriles is 1. The van der Waals surface area contributed by atoms with Crippen LogP contribution in [0, 0.1) is 11.3 Å². The Morgan fingerprint density at radius 3 is 2.92 bits per heavy atom. The number of thiophene rings is 1. The number of halogens is 1. The number of hydrogen-bond acceptors (Lipinski definition) is 3. The number of hydrogen-bond donors (Lipinski definition) is 1. The van der Waals surface area contributed by atoms with E-state index in [1.54, 1.807) is 0 Å². The second kappa shape index (κ2) is 3.02. The molecule has 2 rings (SSSR count). The highest BCUT2D eigenvalue weighted by Gasteiger charge is 2.07. The van der Waals surface area contributed by atoms with E-state index in [1.165, 1.54) is 11.3 Å². The van der Waals surface area contributed by atoms with Gasteiger partial charge in [0.15, 0.2) is 0 Å². The lowest BCUT2D eigenvalue weighted by molar-refractivity contribution is 1.49. The van der Waals surface area contributed by atoms with Crippen LogP contribution in [0.4, 0.5) is 5.00 Å². The van der Waals surface area contributed by atoms with Crippen molar-refractivity contribution in [3.8, 4) is 6.07 Å². The normalized spacial score (nSPS) is 10.2. The fraction of sp³-hybridized carbons (Fsp3) is 0. The van der Waals surface area contributed by atoms with Gasteiger partial charge in [0.05, 0.1) is 10.6 Å². The van der Waals surface area contributed by atoms with Crippen molar-refractivity contribution in [2.24, 2.45) is 0 Å². The molecule has 0 amide bonds. The fourth-order valence-corrected chi connectivity index (χ4v) is 2.49. The van der Waals surface area contributed by atoms with Crippen molar-refractivity contribution >= 4 is 42.4 Å². The van der Waals surface area contributed by atoms with Gasteiger partial charge in [-0.25, -0.2) is 0 Å². The largest absolute Gasteiger partial charge is 0.391 e. The summed E-state index contributed by atoms with van der Waals surface area (Å²) in [5.41, 5.74) is 6.32. The quantitative estimate of drug-likeness (QED) is 0.784. The topological polar surface area (TPSA) is 49.8 Å². The molecule has 0 aliphatic heterocycles. The smallest absolute Gasteiger partial charge is 0.101 e. The van der Waals surface area contributed by atoms with Crippen molar-refractivity contribution in [3.63, 3.8) is 0 Å². The lowest BCUT2D eigenvalue weighted by Gasteiger charge is -1.95. The first-order chi connectivity index (χ1) is 6.22. The van der Waals surface area contributed by atoms with Crippen LogP contribution in [0.15, 0.2) is 22.7 Å². The molecule has 0 atom stereocenters. The van der Waals surface area contributed by atoms with E-state index in [1.807, 2.05) is 18.2 Å². The zero-order valence-corrected chi connectivity index (χ0v) is 8.95. The van der Waals surface area contributed by atoms with E-state index in [-0.39, 0.29) is 0 Å². The molecule has 0 fully saturated rings. The van der Waals surface area contributed by atoms with Crippen LogP contribution in [-0.4, -0.2) is 0 Å². The second-order valence-corrected chi connectivity index (χ2v) is 4.56. The Kier molecular flexibility index (Phi) is 1.98. The molecule has 1 aromatic heterocycles. The predicted octanol–water partition coefficient (Wildman–Crippen LogP) is 3.12. The standard InChI is InChI=1S/C9H5BrN2S/c10-7-1-2-8-5(6(7)4-11)3-9(12)13-8/h1-3H,12H2. The van der Waals surface area contributed by atoms with Crippen LogP contribution in [0.2, 0.25) is 0 Å². The predicted molar refractivity (Wildman–Crippen MR) is 58.7 cm³/mol. The molecule has 2 nitrogen and oxygen atoms in total. The van der Waals surface area contributed by atoms with Crippen LogP contribution in [0.3, 0.4) is 0 Å². The maximum absolute atomic E-state index is 8.91. The molecule has 4 heteroatoms. The number of nitrogens with zero attached hydrogens (tertiary/aromatic N) is 1. The van der Waals surface area contributed by atoms with Crippen molar-refractivity contribution in [3.05, 3.63) is 28.2 Å². The number of anilines is 1. The fourth-order valence-electron chi connectivity index (χ4n) is 1.22. The van der Waals surface area contributed by atoms with E-state index in [0.29, 0.717) is 5.56 Å². The van der Waals surface area contributed by atoms with Gasteiger partial charge >= 0.3 is 0 Å². The number of fused-ring (bicyclic) bond motifs is 1. The molecular weight excluding hydrogens is 248 g/mol. The molecule has 0 saturated carbocycles. The molecular formula is C9H5BrN2S. The first-order valence-electron chi connectivity index (χ1n) is 3.60. The summed E-state index contributed by atoms with van der Waals surface area (Å²) in [7, 11) is 0. The number of rotatable bonds is 0. The van der Waals surface area contributed by atoms with Crippen molar-refractivity contribution in [1.82, 2.24) is 0 Å². The Labute approximate surface area is 87.7 Å². The van der Waals surface area contributed by atoms with Gasteiger partial charge in [0.1, 0.15) is 6.07 Å². The van der Waals surface area contributed by atoms with Gasteiger partial charge in [-0.15, -0.1) is 11.3 Å². The maximum atomic E-state index is 8.91. The summed E-state index contributed by atoms with van der Waals surface area (Å²) in [4.78, 5) is 0. The maximum Gasteiger partial charge on any atom is 0.101 e. The highest BCUT2D eigenvalue weighted by molar-refractivity contribution is 9.10. The molecule has 2 N–H and O–H groups in total. The van der Waals surface area contributed by atoms with Crippen LogP contribution < -0.4 is 5.73 Å². The highest BCUT2D eigenvalue weighted by atomic mass is 79.9. The molecule has 0 aliphatic carbocycles. The van der Waals surface area contributed by atoms with Gasteiger partial charge in [0.25, 0.3) is 0 Å². The summed E-state index contributed by atoms with van der Waals surface area (Å²) in [5.74, 6) is 0. The number of benzene rings is 1. The lowest BCUT2D eigenvalue weighted by atomic mass is 10.1. The third kappa shape index (κ3) is 1.30. The van der Waals surface area contributed by atoms with Crippen molar-refractivity contribution in [2.45, 2.75) is 0 Å². The van der Waals surface area contributed by atoms with Gasteiger partial charge in [-0.05, 0) is 34.1 Å². The highest BCUT2D eigenvalue weighted by Crippen LogP contribution is 2.33. The van der Waals surface area contributed by atoms with Crippen LogP contribution in [0.25, 0.3) is 10.1 Å². The molecule has 1 heterocycles. The van der Waals surface area contributed by atoms with Crippen LogP contribution in [0.1, 0.15) is 5.56 Å². The molecule has 0 aliphatic rings. The molecule has 2 aromatic rings. The van der Waals surface area contributed by atoms with E-state index < -0.39 is 0 Å². The molecule has 0 bridgehead atoms. The molecule has 0 unspecified atom stereocenters. The van der Waals surface area contributed by atoms with Crippen LogP contribution >= 0.6 is 27.3 Å². The zero-order valence-electron chi connectivity index (χ0n) is 6.54. The molecule has 13 heavy (non-hydrogen) atoms. The summed E-state index contributed by atoms with van der Waals surface area (Å²) in [6, 6.07) is 7.82. The molecule has 1 aromatic carbocycles. The second-order valence-electron chi connectivity index (χ2n) is 2.59. The van der Waals surface area contributed by atoms with Gasteiger partial charge in [0.2, 0.25) is 0 Å². The third-order valence-corrected chi connectivity index (χ3v) is 3.37. The van der Waals surface area contributed by atoms with E-state index in [4.69, 9.17) is 11.0 Å². The van der Waals surface area contributed by atoms with E-state index in [0.717, 1.165) is 19.6 Å². The van der Waals surface area contributed by atoms with Gasteiger partial charge in [-0.1, -0.05) is 0 Å². The average molecular weight is 253 g/mol. The first kappa shape index (κ1) is 8.54. The molecule has 0 radical (unpaired) electrons. The Morgan fingerprint density at radius 1 is 1.46 bits per heavy atom. The minimum atomic E-state index is 0.658. The minimum Gasteiger partial charge on any atom is -0.391 e. The average Bonchev–Trinajstić information content (AvgIpc) is 2.45. The van der Waals surface area contributed by atoms with Gasteiger partial charge in [0, 0.05) is 14.6 Å². The summed E-state index contributed by atoms with van der Waals surface area (Å²) >= 11 is 4.82. The van der Waals surface area contributed by atoms with Crippen molar-refractivity contribution < 1.29 is 0 Å². The van der Waals surface area contributed by atoms with Crippen LogP contribution in [0.5, 0.6) is 0 Å². The van der Waals surface area contributed by atoms with Gasteiger partial charge in [-0.3, -0.25) is 0 Å². The van der Waals surface area contributed by atoms with Crippen LogP contribution in [-0.2, 0) is 0 Å². The Bertz CT molecular complexity index is 510. The van der Waals surface area contributed by atoms with Crippen molar-refractivity contribution in [2.75, 3.05) is 5.73 Å². The van der Waals surface area contributed by atoms with Crippen molar-refractivity contribution in [1.29, 1.82) is 5.26 Å². The van der Waals surface area contributed by atoms with E-state index in [2.05, 4.69) is 22.0 Å². The van der Waals surface area contributed by atoms with E-state index >= 15 is 0 Å². The minimum absolute atomic E-state index is 0.658. The van der Waals surface area contributed by atoms with Gasteiger partial charge < -0.3 is 5.73 Å². The first-order valence-corrected chi connectivity index (χ1v) is 5.21. The molecule has 64 valence electrons. The SMILES string of the molecule is N#Cc1c(Br)ccc2sc(N)cc12.